The highest BCUT2D eigenvalue weighted by Gasteiger charge is 2.38. The monoisotopic (exact) mass is 463 g/mol. The molecule has 1 aromatic rings. The zero-order valence-corrected chi connectivity index (χ0v) is 19.9. The van der Waals surface area contributed by atoms with E-state index in [2.05, 4.69) is 6.92 Å². The molecule has 4 rings (SSSR count). The maximum atomic E-state index is 13.8. The Bertz CT molecular complexity index is 799. The van der Waals surface area contributed by atoms with E-state index >= 15 is 0 Å². The van der Waals surface area contributed by atoms with Crippen LogP contribution in [0.3, 0.4) is 0 Å². The fourth-order valence-electron chi connectivity index (χ4n) is 5.81. The van der Waals surface area contributed by atoms with Gasteiger partial charge in [0.2, 0.25) is 5.91 Å². The van der Waals surface area contributed by atoms with Gasteiger partial charge >= 0.3 is 5.97 Å². The van der Waals surface area contributed by atoms with Gasteiger partial charge in [0.05, 0.1) is 17.9 Å². The maximum Gasteiger partial charge on any atom is 0.348 e. The lowest BCUT2D eigenvalue weighted by atomic mass is 9.81. The van der Waals surface area contributed by atoms with Crippen molar-refractivity contribution in [1.29, 1.82) is 0 Å². The minimum atomic E-state index is -0.974. The number of hydrogen-bond donors (Lipinski definition) is 3. The van der Waals surface area contributed by atoms with Crippen LogP contribution in [0, 0.1) is 11.8 Å². The van der Waals surface area contributed by atoms with E-state index < -0.39 is 5.97 Å². The molecule has 0 unspecified atom stereocenters. The number of aliphatic hydroxyl groups is 2. The Balaban J connectivity index is 1.66. The van der Waals surface area contributed by atoms with E-state index in [0.717, 1.165) is 56.2 Å². The Morgan fingerprint density at radius 3 is 2.00 bits per heavy atom. The van der Waals surface area contributed by atoms with Crippen molar-refractivity contribution >= 4 is 28.9 Å². The number of anilines is 1. The number of thiophene rings is 1. The lowest BCUT2D eigenvalue weighted by Crippen LogP contribution is -2.47. The average molecular weight is 464 g/mol. The standard InChI is InChI=1S/C25H37NO5S/c1-15-2-4-17(5-3-15)24(29)26(18-8-12-20(28)13-9-18)21-14-22(32-23(21)25(30)31)16-6-10-19(27)11-7-16/h14-20,27-28H,2-13H2,1H3,(H,30,31). The van der Waals surface area contributed by atoms with Crippen molar-refractivity contribution in [3.63, 3.8) is 0 Å². The fraction of sp³-hybridized carbons (Fsp3) is 0.760. The minimum absolute atomic E-state index is 0.0483. The largest absolute Gasteiger partial charge is 0.477 e. The molecule has 0 aromatic carbocycles. The number of carbonyl (C=O) groups is 2. The lowest BCUT2D eigenvalue weighted by Gasteiger charge is -2.38. The number of carboxylic acids is 1. The molecule has 0 saturated heterocycles. The molecule has 3 saturated carbocycles. The summed E-state index contributed by atoms with van der Waals surface area (Å²) in [5, 5.41) is 29.9. The second-order valence-corrected chi connectivity index (χ2v) is 11.4. The van der Waals surface area contributed by atoms with Crippen molar-refractivity contribution in [3.05, 3.63) is 15.8 Å². The number of nitrogens with zero attached hydrogens (tertiary/aromatic N) is 1. The predicted octanol–water partition coefficient (Wildman–Crippen LogP) is 4.93. The molecule has 3 fully saturated rings. The molecule has 0 bridgehead atoms. The van der Waals surface area contributed by atoms with Crippen LogP contribution in [0.25, 0.3) is 0 Å². The molecule has 3 aliphatic carbocycles. The SMILES string of the molecule is CC1CCC(C(=O)N(c2cc(C3CCC(O)CC3)sc2C(=O)O)C2CCC(O)CC2)CC1. The third-order valence-electron chi connectivity index (χ3n) is 7.92. The van der Waals surface area contributed by atoms with Crippen molar-refractivity contribution < 1.29 is 24.9 Å². The third-order valence-corrected chi connectivity index (χ3v) is 9.19. The van der Waals surface area contributed by atoms with Gasteiger partial charge < -0.3 is 20.2 Å². The Morgan fingerprint density at radius 1 is 0.875 bits per heavy atom. The molecule has 32 heavy (non-hydrogen) atoms. The molecular formula is C25H37NO5S. The van der Waals surface area contributed by atoms with Crippen LogP contribution in [-0.2, 0) is 4.79 Å². The van der Waals surface area contributed by atoms with E-state index in [-0.39, 0.29) is 40.9 Å². The van der Waals surface area contributed by atoms with Gasteiger partial charge in [-0.3, -0.25) is 4.79 Å². The van der Waals surface area contributed by atoms with E-state index in [4.69, 9.17) is 0 Å². The maximum absolute atomic E-state index is 13.8. The Hall–Kier alpha value is -1.44. The van der Waals surface area contributed by atoms with Crippen LogP contribution >= 0.6 is 11.3 Å². The molecule has 3 N–H and O–H groups in total. The molecule has 1 aromatic heterocycles. The minimum Gasteiger partial charge on any atom is -0.477 e. The van der Waals surface area contributed by atoms with E-state index in [1.165, 1.54) is 11.3 Å². The summed E-state index contributed by atoms with van der Waals surface area (Å²) in [6.45, 7) is 2.23. The summed E-state index contributed by atoms with van der Waals surface area (Å²) in [4.78, 5) is 29.2. The number of aromatic carboxylic acids is 1. The Labute approximate surface area is 194 Å². The molecular weight excluding hydrogens is 426 g/mol. The van der Waals surface area contributed by atoms with Gasteiger partial charge in [-0.1, -0.05) is 6.92 Å². The van der Waals surface area contributed by atoms with E-state index in [0.29, 0.717) is 37.3 Å². The van der Waals surface area contributed by atoms with Gasteiger partial charge in [0.1, 0.15) is 4.88 Å². The number of aliphatic hydroxyl groups excluding tert-OH is 2. The van der Waals surface area contributed by atoms with Crippen molar-refractivity contribution in [3.8, 4) is 0 Å². The summed E-state index contributed by atoms with van der Waals surface area (Å²) < 4.78 is 0. The molecule has 6 nitrogen and oxygen atoms in total. The molecule has 0 radical (unpaired) electrons. The summed E-state index contributed by atoms with van der Waals surface area (Å²) in [5.74, 6) is -0.0627. The van der Waals surface area contributed by atoms with Crippen molar-refractivity contribution in [2.24, 2.45) is 11.8 Å². The predicted molar refractivity (Wildman–Crippen MR) is 125 cm³/mol. The molecule has 0 aliphatic heterocycles. The molecule has 0 atom stereocenters. The highest BCUT2D eigenvalue weighted by Crippen LogP contribution is 2.43. The second-order valence-electron chi connectivity index (χ2n) is 10.3. The van der Waals surface area contributed by atoms with Crippen molar-refractivity contribution in [2.75, 3.05) is 4.90 Å². The zero-order chi connectivity index (χ0) is 22.8. The quantitative estimate of drug-likeness (QED) is 0.575. The first-order valence-corrected chi connectivity index (χ1v) is 13.2. The number of amides is 1. The van der Waals surface area contributed by atoms with Crippen LogP contribution in [0.5, 0.6) is 0 Å². The van der Waals surface area contributed by atoms with Gasteiger partial charge in [-0.2, -0.15) is 0 Å². The highest BCUT2D eigenvalue weighted by molar-refractivity contribution is 7.14. The second kappa shape index (κ2) is 10.2. The summed E-state index contributed by atoms with van der Waals surface area (Å²) in [6, 6.07) is 1.91. The highest BCUT2D eigenvalue weighted by atomic mass is 32.1. The van der Waals surface area contributed by atoms with Gasteiger partial charge in [0.25, 0.3) is 0 Å². The molecule has 7 heteroatoms. The molecule has 0 spiro atoms. The van der Waals surface area contributed by atoms with Gasteiger partial charge in [0, 0.05) is 16.8 Å². The van der Waals surface area contributed by atoms with Gasteiger partial charge in [0.15, 0.2) is 0 Å². The number of carbonyl (C=O) groups excluding carboxylic acids is 1. The molecule has 3 aliphatic rings. The van der Waals surface area contributed by atoms with E-state index in [9.17, 15) is 24.9 Å². The van der Waals surface area contributed by atoms with Gasteiger partial charge in [-0.15, -0.1) is 11.3 Å². The van der Waals surface area contributed by atoms with Crippen LogP contribution in [0.2, 0.25) is 0 Å². The van der Waals surface area contributed by atoms with Crippen LogP contribution in [0.1, 0.15) is 104 Å². The van der Waals surface area contributed by atoms with Gasteiger partial charge in [-0.05, 0) is 95.0 Å². The number of hydrogen-bond acceptors (Lipinski definition) is 5. The first-order valence-electron chi connectivity index (χ1n) is 12.4. The summed E-state index contributed by atoms with van der Waals surface area (Å²) >= 11 is 1.31. The smallest absolute Gasteiger partial charge is 0.348 e. The van der Waals surface area contributed by atoms with E-state index in [1.807, 2.05) is 11.0 Å². The molecule has 1 heterocycles. The first kappa shape index (κ1) is 23.7. The Kier molecular flexibility index (Phi) is 7.58. The first-order chi connectivity index (χ1) is 15.3. The van der Waals surface area contributed by atoms with Crippen molar-refractivity contribution in [2.45, 2.75) is 108 Å². The van der Waals surface area contributed by atoms with Crippen LogP contribution in [0.4, 0.5) is 5.69 Å². The van der Waals surface area contributed by atoms with E-state index in [1.54, 1.807) is 0 Å². The summed E-state index contributed by atoms with van der Waals surface area (Å²) in [5.41, 5.74) is 0.564. The van der Waals surface area contributed by atoms with Crippen LogP contribution in [0.15, 0.2) is 6.07 Å². The number of rotatable bonds is 5. The third kappa shape index (κ3) is 5.20. The van der Waals surface area contributed by atoms with Crippen molar-refractivity contribution in [1.82, 2.24) is 0 Å². The lowest BCUT2D eigenvalue weighted by molar-refractivity contribution is -0.124. The summed E-state index contributed by atoms with van der Waals surface area (Å²) in [6.07, 6.45) is 9.11. The normalized spacial score (nSPS) is 33.6. The number of carboxylic acid groups (broad SMARTS) is 1. The fourth-order valence-corrected chi connectivity index (χ4v) is 6.97. The van der Waals surface area contributed by atoms with Crippen LogP contribution in [-0.4, -0.2) is 45.4 Å². The van der Waals surface area contributed by atoms with Crippen LogP contribution < -0.4 is 4.90 Å². The average Bonchev–Trinajstić information content (AvgIpc) is 3.21. The zero-order valence-electron chi connectivity index (χ0n) is 19.0. The Morgan fingerprint density at radius 2 is 1.44 bits per heavy atom. The topological polar surface area (TPSA) is 98.1 Å². The molecule has 1 amide bonds. The molecule has 178 valence electrons. The van der Waals surface area contributed by atoms with Gasteiger partial charge in [-0.25, -0.2) is 4.79 Å². The summed E-state index contributed by atoms with van der Waals surface area (Å²) in [7, 11) is 0.